The van der Waals surface area contributed by atoms with Crippen molar-refractivity contribution in [3.8, 4) is 0 Å². The second-order valence-electron chi connectivity index (χ2n) is 12.4. The molecule has 0 radical (unpaired) electrons. The lowest BCUT2D eigenvalue weighted by Crippen LogP contribution is -2.57. The van der Waals surface area contributed by atoms with E-state index < -0.39 is 0 Å². The molecule has 5 rings (SSSR count). The van der Waals surface area contributed by atoms with Gasteiger partial charge in [-0.3, -0.25) is 14.5 Å². The smallest absolute Gasteiger partial charge is 0.222 e. The first kappa shape index (κ1) is 26.8. The molecule has 5 atom stereocenters. The van der Waals surface area contributed by atoms with Crippen LogP contribution in [0.4, 0.5) is 0 Å². The van der Waals surface area contributed by atoms with Crippen LogP contribution in [0.15, 0.2) is 0 Å². The molecule has 5 unspecified atom stereocenters. The molecule has 1 saturated carbocycles. The van der Waals surface area contributed by atoms with E-state index in [-0.39, 0.29) is 6.10 Å². The van der Waals surface area contributed by atoms with Gasteiger partial charge in [0.2, 0.25) is 5.91 Å². The molecule has 0 aromatic carbocycles. The minimum Gasteiger partial charge on any atom is -0.340 e. The van der Waals surface area contributed by atoms with Crippen LogP contribution in [0.5, 0.6) is 0 Å². The number of hydroxylamine groups is 1. The van der Waals surface area contributed by atoms with E-state index in [1.165, 1.54) is 51.4 Å². The minimum atomic E-state index is 0.286. The number of piperazine rings is 1. The third-order valence-corrected chi connectivity index (χ3v) is 9.82. The first-order chi connectivity index (χ1) is 17.7. The molecule has 0 bridgehead atoms. The van der Waals surface area contributed by atoms with E-state index in [4.69, 9.17) is 4.84 Å². The molecule has 36 heavy (non-hydrogen) atoms. The van der Waals surface area contributed by atoms with Gasteiger partial charge in [0.25, 0.3) is 0 Å². The van der Waals surface area contributed by atoms with Crippen LogP contribution in [0.1, 0.15) is 77.0 Å². The Balaban J connectivity index is 1.05. The van der Waals surface area contributed by atoms with Crippen LogP contribution in [-0.2, 0) is 9.63 Å². The highest BCUT2D eigenvalue weighted by Gasteiger charge is 2.35. The molecule has 8 nitrogen and oxygen atoms in total. The lowest BCUT2D eigenvalue weighted by molar-refractivity contribution is -0.135. The zero-order chi connectivity index (χ0) is 24.7. The largest absolute Gasteiger partial charge is 0.340 e. The fourth-order valence-corrected chi connectivity index (χ4v) is 7.52. The molecule has 3 N–H and O–H groups in total. The Bertz CT molecular complexity index is 675. The number of carbonyl (C=O) groups is 1. The molecule has 5 fully saturated rings. The van der Waals surface area contributed by atoms with Gasteiger partial charge in [-0.1, -0.05) is 19.3 Å². The molecule has 0 spiro atoms. The van der Waals surface area contributed by atoms with Gasteiger partial charge in [0, 0.05) is 51.2 Å². The summed E-state index contributed by atoms with van der Waals surface area (Å²) in [5, 5.41) is 7.27. The monoisotopic (exact) mass is 504 g/mol. The topological polar surface area (TPSA) is 72.1 Å². The Labute approximate surface area is 219 Å². The summed E-state index contributed by atoms with van der Waals surface area (Å²) in [6.07, 6.45) is 15.6. The summed E-state index contributed by atoms with van der Waals surface area (Å²) in [5.41, 5.74) is 3.37. The highest BCUT2D eigenvalue weighted by molar-refractivity contribution is 5.76. The average molecular weight is 505 g/mol. The van der Waals surface area contributed by atoms with Crippen LogP contribution in [0.25, 0.3) is 0 Å². The molecule has 206 valence electrons. The van der Waals surface area contributed by atoms with Gasteiger partial charge in [0.15, 0.2) is 0 Å². The normalized spacial score (nSPS) is 35.4. The van der Waals surface area contributed by atoms with Gasteiger partial charge in [-0.05, 0) is 89.9 Å². The summed E-state index contributed by atoms with van der Waals surface area (Å²) >= 11 is 0. The second-order valence-corrected chi connectivity index (χ2v) is 12.4. The highest BCUT2D eigenvalue weighted by Crippen LogP contribution is 2.31. The molecule has 1 aliphatic carbocycles. The SMILES string of the molecule is CN(CC1CC(CC2CNCCC2CC(=O)N2CCN(C3CCCCN3)CC2)NO1)C1CCCCC1. The third-order valence-electron chi connectivity index (χ3n) is 9.82. The maximum Gasteiger partial charge on any atom is 0.222 e. The van der Waals surface area contributed by atoms with Crippen molar-refractivity contribution in [2.24, 2.45) is 11.8 Å². The van der Waals surface area contributed by atoms with E-state index >= 15 is 0 Å². The van der Waals surface area contributed by atoms with Gasteiger partial charge < -0.3 is 20.4 Å². The summed E-state index contributed by atoms with van der Waals surface area (Å²) in [5.74, 6) is 1.42. The number of hydrogen-bond acceptors (Lipinski definition) is 7. The maximum atomic E-state index is 13.3. The van der Waals surface area contributed by atoms with E-state index in [9.17, 15) is 4.79 Å². The quantitative estimate of drug-likeness (QED) is 0.468. The van der Waals surface area contributed by atoms with E-state index in [1.54, 1.807) is 0 Å². The van der Waals surface area contributed by atoms with Crippen molar-refractivity contribution in [3.63, 3.8) is 0 Å². The summed E-state index contributed by atoms with van der Waals surface area (Å²) in [4.78, 5) is 26.6. The minimum absolute atomic E-state index is 0.286. The molecule has 8 heteroatoms. The first-order valence-corrected chi connectivity index (χ1v) is 15.2. The molecule has 4 saturated heterocycles. The van der Waals surface area contributed by atoms with E-state index in [0.717, 1.165) is 84.1 Å². The van der Waals surface area contributed by atoms with Crippen LogP contribution in [0, 0.1) is 11.8 Å². The van der Waals surface area contributed by atoms with Crippen molar-refractivity contribution in [3.05, 3.63) is 0 Å². The summed E-state index contributed by atoms with van der Waals surface area (Å²) < 4.78 is 0. The molecular weight excluding hydrogens is 452 g/mol. The van der Waals surface area contributed by atoms with E-state index in [0.29, 0.717) is 30.0 Å². The molecule has 0 aromatic rings. The summed E-state index contributed by atoms with van der Waals surface area (Å²) in [6.45, 7) is 8.05. The predicted octanol–water partition coefficient (Wildman–Crippen LogP) is 2.16. The zero-order valence-electron chi connectivity index (χ0n) is 22.8. The van der Waals surface area contributed by atoms with Gasteiger partial charge in [0.05, 0.1) is 12.3 Å². The maximum absolute atomic E-state index is 13.3. The van der Waals surface area contributed by atoms with Crippen molar-refractivity contribution in [1.29, 1.82) is 0 Å². The molecule has 0 aromatic heterocycles. The number of amides is 1. The Morgan fingerprint density at radius 1 is 0.944 bits per heavy atom. The van der Waals surface area contributed by atoms with Crippen molar-refractivity contribution in [1.82, 2.24) is 30.8 Å². The Kier molecular flexibility index (Phi) is 9.94. The standard InChI is InChI=1S/C28H52N6O2/c1-32(25-7-3-2-4-8-25)21-26-19-24(31-36-26)17-23-20-29-12-10-22(23)18-28(35)34-15-13-33(14-16-34)27-9-5-6-11-30-27/h22-27,29-31H,2-21H2,1H3. The number of hydrogen-bond donors (Lipinski definition) is 3. The van der Waals surface area contributed by atoms with E-state index in [2.05, 4.69) is 37.9 Å². The first-order valence-electron chi connectivity index (χ1n) is 15.2. The summed E-state index contributed by atoms with van der Waals surface area (Å²) in [7, 11) is 2.28. The molecule has 4 heterocycles. The predicted molar refractivity (Wildman–Crippen MR) is 143 cm³/mol. The lowest BCUT2D eigenvalue weighted by atomic mass is 9.79. The van der Waals surface area contributed by atoms with Gasteiger partial charge >= 0.3 is 0 Å². The highest BCUT2D eigenvalue weighted by atomic mass is 16.7. The van der Waals surface area contributed by atoms with Crippen LogP contribution >= 0.6 is 0 Å². The second kappa shape index (κ2) is 13.3. The van der Waals surface area contributed by atoms with Crippen molar-refractivity contribution in [2.45, 2.75) is 101 Å². The van der Waals surface area contributed by atoms with Crippen molar-refractivity contribution >= 4 is 5.91 Å². The fourth-order valence-electron chi connectivity index (χ4n) is 7.52. The van der Waals surface area contributed by atoms with Gasteiger partial charge in [-0.2, -0.15) is 5.48 Å². The van der Waals surface area contributed by atoms with Gasteiger partial charge in [-0.25, -0.2) is 0 Å². The molecule has 4 aliphatic heterocycles. The van der Waals surface area contributed by atoms with E-state index in [1.807, 2.05) is 0 Å². The van der Waals surface area contributed by atoms with Gasteiger partial charge in [0.1, 0.15) is 0 Å². The van der Waals surface area contributed by atoms with Crippen LogP contribution in [-0.4, -0.2) is 104 Å². The fraction of sp³-hybridized carbons (Fsp3) is 0.964. The van der Waals surface area contributed by atoms with Crippen LogP contribution < -0.4 is 16.1 Å². The van der Waals surface area contributed by atoms with Crippen molar-refractivity contribution < 1.29 is 9.63 Å². The van der Waals surface area contributed by atoms with Crippen LogP contribution in [0.2, 0.25) is 0 Å². The van der Waals surface area contributed by atoms with Gasteiger partial charge in [-0.15, -0.1) is 0 Å². The average Bonchev–Trinajstić information content (AvgIpc) is 3.37. The lowest BCUT2D eigenvalue weighted by Gasteiger charge is -2.42. The molecular formula is C28H52N6O2. The number of piperidine rings is 2. The zero-order valence-corrected chi connectivity index (χ0v) is 22.8. The Morgan fingerprint density at radius 2 is 1.75 bits per heavy atom. The third kappa shape index (κ3) is 7.20. The number of nitrogens with zero attached hydrogens (tertiary/aromatic N) is 3. The Morgan fingerprint density at radius 3 is 2.53 bits per heavy atom. The number of rotatable bonds is 8. The van der Waals surface area contributed by atoms with Crippen molar-refractivity contribution in [2.75, 3.05) is 59.4 Å². The van der Waals surface area contributed by atoms with Crippen LogP contribution in [0.3, 0.4) is 0 Å². The Hall–Kier alpha value is -0.770. The number of nitrogens with one attached hydrogen (secondary N) is 3. The number of carbonyl (C=O) groups excluding carboxylic acids is 1. The number of likely N-dealkylation sites (N-methyl/N-ethyl adjacent to an activating group) is 1. The molecule has 1 amide bonds. The summed E-state index contributed by atoms with van der Waals surface area (Å²) in [6, 6.07) is 1.14. The molecule has 5 aliphatic rings.